The molecule has 1 aromatic heterocycles. The minimum Gasteiger partial charge on any atom is -0.543 e. The zero-order chi connectivity index (χ0) is 18.9. The number of nitrogens with zero attached hydrogens (tertiary/aromatic N) is 4. The molecule has 1 fully saturated rings. The minimum absolute atomic E-state index is 0. The van der Waals surface area contributed by atoms with Crippen molar-refractivity contribution in [3.8, 4) is 0 Å². The Hall–Kier alpha value is -0.850. The summed E-state index contributed by atoms with van der Waals surface area (Å²) in [5.41, 5.74) is -0.561. The summed E-state index contributed by atoms with van der Waals surface area (Å²) in [5.74, 6) is -1.78. The first-order valence-corrected chi connectivity index (χ1v) is 9.83. The summed E-state index contributed by atoms with van der Waals surface area (Å²) >= 11 is 0.848. The molecule has 2 rings (SSSR count). The van der Waals surface area contributed by atoms with Crippen molar-refractivity contribution in [3.63, 3.8) is 0 Å². The molecule has 2 atom stereocenters. The Morgan fingerprint density at radius 2 is 2.44 bits per heavy atom. The van der Waals surface area contributed by atoms with Gasteiger partial charge in [0.05, 0.1) is 19.2 Å². The molecule has 11 nitrogen and oxygen atoms in total. The summed E-state index contributed by atoms with van der Waals surface area (Å²) in [4.78, 5) is 19.9. The van der Waals surface area contributed by atoms with E-state index in [1.165, 1.54) is 6.08 Å². The van der Waals surface area contributed by atoms with E-state index in [1.54, 1.807) is 4.67 Å². The Kier molecular flexibility index (Phi) is 11.3. The molecular weight excluding hydrogens is 408 g/mol. The summed E-state index contributed by atoms with van der Waals surface area (Å²) < 4.78 is 29.0. The van der Waals surface area contributed by atoms with E-state index in [4.69, 9.17) is 14.3 Å². The summed E-state index contributed by atoms with van der Waals surface area (Å²) in [6.07, 6.45) is 0.980. The van der Waals surface area contributed by atoms with Gasteiger partial charge in [0.1, 0.15) is 12.8 Å². The number of anilines is 1. The van der Waals surface area contributed by atoms with Crippen LogP contribution in [0.15, 0.2) is 17.8 Å². The van der Waals surface area contributed by atoms with Gasteiger partial charge in [-0.15, -0.1) is 0 Å². The van der Waals surface area contributed by atoms with Gasteiger partial charge in [-0.05, 0) is 6.92 Å². The number of oxime groups is 1. The quantitative estimate of drug-likeness (QED) is 0.101. The molecule has 1 aliphatic rings. The molecule has 27 heavy (non-hydrogen) atoms. The maximum atomic E-state index is 12.6. The third kappa shape index (κ3) is 7.24. The predicted molar refractivity (Wildman–Crippen MR) is 93.2 cm³/mol. The number of carboxylic acids is 1. The monoisotopic (exact) mass is 427 g/mol. The number of hydrogen-bond acceptors (Lipinski definition) is 10. The fourth-order valence-electron chi connectivity index (χ4n) is 2.00. The second-order valence-corrected chi connectivity index (χ2v) is 7.03. The molecule has 1 N–H and O–H groups in total. The van der Waals surface area contributed by atoms with Gasteiger partial charge in [-0.1, -0.05) is 17.8 Å². The standard InChI is InChI=1S/C13H20N5O6PS.Na/c1-3-6-24-15-10(12(19)20)11-14-13(26-17-11)16-25(21)18-5-7-22-8-9(18)23-4-2;/h3,9,25H,1,4-8H2,2H3,(H,19,20)(H,14,16,17,21);/q;+1/p-1. The van der Waals surface area contributed by atoms with E-state index in [2.05, 4.69) is 26.2 Å². The molecule has 0 radical (unpaired) electrons. The number of hydrogen-bond donors (Lipinski definition) is 1. The molecule has 144 valence electrons. The average Bonchev–Trinajstić information content (AvgIpc) is 3.07. The minimum atomic E-state index is -2.48. The van der Waals surface area contributed by atoms with Crippen molar-refractivity contribution in [1.82, 2.24) is 14.0 Å². The Bertz CT molecular complexity index is 688. The van der Waals surface area contributed by atoms with Crippen LogP contribution in [-0.4, -0.2) is 64.9 Å². The van der Waals surface area contributed by atoms with Gasteiger partial charge < -0.3 is 29.3 Å². The molecule has 14 heteroatoms. The van der Waals surface area contributed by atoms with Crippen LogP contribution < -0.4 is 39.8 Å². The Morgan fingerprint density at radius 3 is 3.11 bits per heavy atom. The molecule has 0 aliphatic carbocycles. The smallest absolute Gasteiger partial charge is 0.543 e. The molecule has 2 heterocycles. The molecule has 0 spiro atoms. The van der Waals surface area contributed by atoms with Gasteiger partial charge in [-0.25, -0.2) is 4.67 Å². The van der Waals surface area contributed by atoms with Crippen molar-refractivity contribution in [1.29, 1.82) is 0 Å². The first-order valence-electron chi connectivity index (χ1n) is 7.70. The molecule has 0 saturated carbocycles. The molecule has 2 unspecified atom stereocenters. The van der Waals surface area contributed by atoms with Crippen molar-refractivity contribution in [2.45, 2.75) is 13.2 Å². The summed E-state index contributed by atoms with van der Waals surface area (Å²) in [6, 6.07) is 0. The van der Waals surface area contributed by atoms with E-state index in [9.17, 15) is 14.5 Å². The number of ether oxygens (including phenoxy) is 2. The second kappa shape index (κ2) is 12.6. The third-order valence-electron chi connectivity index (χ3n) is 3.10. The molecule has 1 aliphatic heterocycles. The summed E-state index contributed by atoms with van der Waals surface area (Å²) in [7, 11) is -2.48. The number of aliphatic carboxylic acids is 1. The van der Waals surface area contributed by atoms with E-state index in [-0.39, 0.29) is 47.1 Å². The van der Waals surface area contributed by atoms with Crippen LogP contribution in [0.3, 0.4) is 0 Å². The number of carboxylic acid groups (broad SMARTS) is 1. The van der Waals surface area contributed by atoms with Crippen LogP contribution in [0, 0.1) is 0 Å². The van der Waals surface area contributed by atoms with Crippen LogP contribution in [0.2, 0.25) is 0 Å². The third-order valence-corrected chi connectivity index (χ3v) is 5.39. The number of aromatic nitrogens is 2. The van der Waals surface area contributed by atoms with Gasteiger partial charge >= 0.3 is 29.6 Å². The van der Waals surface area contributed by atoms with Gasteiger partial charge in [-0.2, -0.15) is 9.36 Å². The fraction of sp³-hybridized carbons (Fsp3) is 0.538. The van der Waals surface area contributed by atoms with Crippen LogP contribution in [0.25, 0.3) is 0 Å². The van der Waals surface area contributed by atoms with Crippen molar-refractivity contribution in [3.05, 3.63) is 18.5 Å². The van der Waals surface area contributed by atoms with Gasteiger partial charge in [0.25, 0.3) is 0 Å². The largest absolute Gasteiger partial charge is 1.00 e. The van der Waals surface area contributed by atoms with Gasteiger partial charge in [-0.3, -0.25) is 4.57 Å². The maximum absolute atomic E-state index is 12.6. The maximum Gasteiger partial charge on any atom is 1.00 e. The van der Waals surface area contributed by atoms with Crippen LogP contribution in [-0.2, 0) is 23.7 Å². The van der Waals surface area contributed by atoms with E-state index < -0.39 is 26.0 Å². The van der Waals surface area contributed by atoms with Crippen molar-refractivity contribution >= 4 is 36.4 Å². The molecule has 0 bridgehead atoms. The van der Waals surface area contributed by atoms with Crippen molar-refractivity contribution in [2.24, 2.45) is 5.16 Å². The van der Waals surface area contributed by atoms with E-state index in [0.29, 0.717) is 26.4 Å². The van der Waals surface area contributed by atoms with E-state index >= 15 is 0 Å². The molecule has 0 aromatic carbocycles. The van der Waals surface area contributed by atoms with Crippen LogP contribution in [0.4, 0.5) is 5.13 Å². The van der Waals surface area contributed by atoms with Crippen molar-refractivity contribution < 1.29 is 58.3 Å². The summed E-state index contributed by atoms with van der Waals surface area (Å²) in [6.45, 7) is 6.92. The number of carbonyl (C=O) groups is 1. The second-order valence-electron chi connectivity index (χ2n) is 4.84. The predicted octanol–water partition coefficient (Wildman–Crippen LogP) is -3.30. The number of rotatable bonds is 10. The summed E-state index contributed by atoms with van der Waals surface area (Å²) in [5, 5.41) is 17.5. The van der Waals surface area contributed by atoms with Gasteiger partial charge in [0.2, 0.25) is 13.2 Å². The van der Waals surface area contributed by atoms with E-state index in [0.717, 1.165) is 11.5 Å². The normalized spacial score (nSPS) is 19.0. The first kappa shape index (κ1) is 24.2. The Morgan fingerprint density at radius 1 is 1.67 bits per heavy atom. The zero-order valence-electron chi connectivity index (χ0n) is 15.0. The SMILES string of the molecule is C=CCON=C(C(=O)[O-])c1nsc(N[PH](=O)N2CCOCC2OCC)n1.[Na+]. The topological polar surface area (TPSA) is 138 Å². The zero-order valence-corrected chi connectivity index (χ0v) is 18.9. The van der Waals surface area contributed by atoms with Crippen LogP contribution >= 0.6 is 19.6 Å². The average molecular weight is 427 g/mol. The first-order chi connectivity index (χ1) is 12.6. The van der Waals surface area contributed by atoms with Crippen LogP contribution in [0.5, 0.6) is 0 Å². The molecule has 1 saturated heterocycles. The van der Waals surface area contributed by atoms with Crippen molar-refractivity contribution in [2.75, 3.05) is 38.1 Å². The Balaban J connectivity index is 0.00000364. The van der Waals surface area contributed by atoms with Gasteiger partial charge in [0.15, 0.2) is 11.5 Å². The number of morpholine rings is 1. The number of carbonyl (C=O) groups excluding carboxylic acids is 1. The Labute approximate surface area is 183 Å². The van der Waals surface area contributed by atoms with Crippen LogP contribution in [0.1, 0.15) is 12.7 Å². The molecule has 0 amide bonds. The fourth-order valence-corrected chi connectivity index (χ4v) is 3.96. The van der Waals surface area contributed by atoms with Gasteiger partial charge in [0, 0.05) is 24.7 Å². The number of nitrogens with one attached hydrogen (secondary N) is 1. The molecule has 1 aromatic rings. The van der Waals surface area contributed by atoms with E-state index in [1.807, 2.05) is 6.92 Å². The molecular formula is C13H19N5NaO6PS.